The minimum Gasteiger partial charge on any atom is -0.361 e. The van der Waals surface area contributed by atoms with Gasteiger partial charge in [0.05, 0.1) is 0 Å². The van der Waals surface area contributed by atoms with Crippen molar-refractivity contribution in [2.75, 3.05) is 44.6 Å². The molecule has 4 aromatic rings. The van der Waals surface area contributed by atoms with Crippen LogP contribution < -0.4 is 16.0 Å². The molecule has 2 fully saturated rings. The topological polar surface area (TPSA) is 92.5 Å². The maximum atomic E-state index is 14.0. The largest absolute Gasteiger partial charge is 0.361 e. The number of benzene rings is 3. The van der Waals surface area contributed by atoms with Gasteiger partial charge in [0.25, 0.3) is 0 Å². The zero-order valence-corrected chi connectivity index (χ0v) is 24.9. The van der Waals surface area contributed by atoms with Crippen LogP contribution in [0, 0.1) is 0 Å². The highest BCUT2D eigenvalue weighted by Gasteiger charge is 2.32. The van der Waals surface area contributed by atoms with Crippen LogP contribution in [-0.4, -0.2) is 72.0 Å². The molecule has 4 N–H and O–H groups in total. The van der Waals surface area contributed by atoms with Crippen LogP contribution in [0.4, 0.5) is 10.5 Å². The quantitative estimate of drug-likeness (QED) is 0.229. The van der Waals surface area contributed by atoms with Crippen LogP contribution in [0.1, 0.15) is 48.3 Å². The van der Waals surface area contributed by atoms with E-state index in [-0.39, 0.29) is 17.9 Å². The van der Waals surface area contributed by atoms with Crippen molar-refractivity contribution in [2.45, 2.75) is 44.2 Å². The average molecular weight is 579 g/mol. The molecule has 8 heteroatoms. The highest BCUT2D eigenvalue weighted by Crippen LogP contribution is 2.30. The molecule has 3 amide bonds. The van der Waals surface area contributed by atoms with Crippen molar-refractivity contribution in [3.8, 4) is 0 Å². The average Bonchev–Trinajstić information content (AvgIpc) is 3.49. The monoisotopic (exact) mass is 578 g/mol. The summed E-state index contributed by atoms with van der Waals surface area (Å²) in [5.41, 5.74) is 5.25. The fourth-order valence-electron chi connectivity index (χ4n) is 6.53. The number of aromatic amines is 1. The number of hydrogen-bond acceptors (Lipinski definition) is 4. The summed E-state index contributed by atoms with van der Waals surface area (Å²) < 4.78 is 0. The molecule has 2 aliphatic heterocycles. The van der Waals surface area contributed by atoms with Crippen molar-refractivity contribution in [3.63, 3.8) is 0 Å². The molecule has 3 aromatic carbocycles. The summed E-state index contributed by atoms with van der Waals surface area (Å²) >= 11 is 0. The van der Waals surface area contributed by atoms with E-state index in [0.29, 0.717) is 19.0 Å². The Hall–Kier alpha value is -4.14. The molecule has 2 saturated heterocycles. The van der Waals surface area contributed by atoms with E-state index in [1.807, 2.05) is 60.5 Å². The number of hydrogen-bond donors (Lipinski definition) is 4. The van der Waals surface area contributed by atoms with Crippen molar-refractivity contribution in [2.24, 2.45) is 0 Å². The first kappa shape index (κ1) is 29.0. The number of nitrogens with zero attached hydrogens (tertiary/aromatic N) is 2. The second-order valence-corrected chi connectivity index (χ2v) is 11.9. The van der Waals surface area contributed by atoms with Crippen LogP contribution in [0.15, 0.2) is 85.1 Å². The highest BCUT2D eigenvalue weighted by molar-refractivity contribution is 5.98. The Morgan fingerprint density at radius 3 is 2.44 bits per heavy atom. The van der Waals surface area contributed by atoms with Crippen LogP contribution >= 0.6 is 0 Å². The van der Waals surface area contributed by atoms with E-state index < -0.39 is 6.04 Å². The van der Waals surface area contributed by atoms with Crippen LogP contribution in [-0.2, 0) is 11.3 Å². The smallest absolute Gasteiger partial charge is 0.318 e. The molecular weight excluding hydrogens is 536 g/mol. The molecule has 0 saturated carbocycles. The SMILES string of the molecule is C[C@H](c1c[nH]c2ccccc12)[C@@H](NC(=O)N1CCC(c2ccccc2)CC1)C(=O)Nc1cccc(CN2CCNCC2)c1. The third kappa shape index (κ3) is 6.92. The van der Waals surface area contributed by atoms with Crippen LogP contribution in [0.5, 0.6) is 0 Å². The zero-order valence-electron chi connectivity index (χ0n) is 24.9. The van der Waals surface area contributed by atoms with Gasteiger partial charge in [0.1, 0.15) is 6.04 Å². The molecule has 8 nitrogen and oxygen atoms in total. The number of amides is 3. The highest BCUT2D eigenvalue weighted by atomic mass is 16.2. The molecule has 43 heavy (non-hydrogen) atoms. The summed E-state index contributed by atoms with van der Waals surface area (Å²) in [5, 5.41) is 10.7. The van der Waals surface area contributed by atoms with E-state index >= 15 is 0 Å². The summed E-state index contributed by atoms with van der Waals surface area (Å²) in [5.74, 6) is -0.0291. The number of carbonyl (C=O) groups is 2. The van der Waals surface area contributed by atoms with Crippen LogP contribution in [0.3, 0.4) is 0 Å². The standard InChI is InChI=1S/C35H42N6O2/c1-25(31-23-37-32-13-6-5-12-30(31)32)33(39-35(43)41-18-14-28(15-19-41)27-9-3-2-4-10-27)34(42)38-29-11-7-8-26(22-29)24-40-20-16-36-17-21-40/h2-13,22-23,25,28,33,36-37H,14-21,24H2,1H3,(H,38,42)(H,39,43)/t25-,33-/m1/s1. The molecule has 0 radical (unpaired) electrons. The van der Waals surface area contributed by atoms with E-state index in [2.05, 4.69) is 62.2 Å². The van der Waals surface area contributed by atoms with Crippen molar-refractivity contribution < 1.29 is 9.59 Å². The van der Waals surface area contributed by atoms with E-state index in [1.165, 1.54) is 5.56 Å². The number of para-hydroxylation sites is 1. The first-order valence-electron chi connectivity index (χ1n) is 15.5. The van der Waals surface area contributed by atoms with Crippen molar-refractivity contribution >= 4 is 28.5 Å². The van der Waals surface area contributed by atoms with Crippen molar-refractivity contribution in [1.29, 1.82) is 0 Å². The minimum atomic E-state index is -0.754. The molecule has 0 bridgehead atoms. The Morgan fingerprint density at radius 2 is 1.65 bits per heavy atom. The lowest BCUT2D eigenvalue weighted by Gasteiger charge is -2.34. The Kier molecular flexibility index (Phi) is 9.05. The molecule has 224 valence electrons. The third-order valence-electron chi connectivity index (χ3n) is 9.04. The fourth-order valence-corrected chi connectivity index (χ4v) is 6.53. The summed E-state index contributed by atoms with van der Waals surface area (Å²) in [6.07, 6.45) is 3.78. The van der Waals surface area contributed by atoms with Gasteiger partial charge < -0.3 is 25.8 Å². The van der Waals surface area contributed by atoms with Gasteiger partial charge in [-0.15, -0.1) is 0 Å². The van der Waals surface area contributed by atoms with Crippen molar-refractivity contribution in [1.82, 2.24) is 25.4 Å². The molecular formula is C35H42N6O2. The van der Waals surface area contributed by atoms with Gasteiger partial charge in [-0.25, -0.2) is 4.79 Å². The third-order valence-corrected chi connectivity index (χ3v) is 9.04. The van der Waals surface area contributed by atoms with E-state index in [4.69, 9.17) is 0 Å². The van der Waals surface area contributed by atoms with Gasteiger partial charge in [-0.3, -0.25) is 9.69 Å². The van der Waals surface area contributed by atoms with Gasteiger partial charge >= 0.3 is 6.03 Å². The van der Waals surface area contributed by atoms with Crippen molar-refractivity contribution in [3.05, 3.63) is 102 Å². The Labute approximate surface area is 253 Å². The first-order chi connectivity index (χ1) is 21.0. The van der Waals surface area contributed by atoms with Gasteiger partial charge in [-0.1, -0.05) is 67.6 Å². The summed E-state index contributed by atoms with van der Waals surface area (Å²) in [4.78, 5) is 35.2. The van der Waals surface area contributed by atoms with E-state index in [0.717, 1.165) is 73.3 Å². The summed E-state index contributed by atoms with van der Waals surface area (Å²) in [7, 11) is 0. The maximum absolute atomic E-state index is 14.0. The molecule has 2 aliphatic rings. The molecule has 2 atom stereocenters. The van der Waals surface area contributed by atoms with E-state index in [1.54, 1.807) is 0 Å². The summed E-state index contributed by atoms with van der Waals surface area (Å²) in [6, 6.07) is 25.7. The van der Waals surface area contributed by atoms with Gasteiger partial charge in [-0.2, -0.15) is 0 Å². The second-order valence-electron chi connectivity index (χ2n) is 11.9. The lowest BCUT2D eigenvalue weighted by atomic mass is 9.89. The lowest BCUT2D eigenvalue weighted by molar-refractivity contribution is -0.118. The number of urea groups is 1. The lowest BCUT2D eigenvalue weighted by Crippen LogP contribution is -2.53. The molecule has 6 rings (SSSR count). The number of anilines is 1. The predicted octanol–water partition coefficient (Wildman–Crippen LogP) is 5.27. The Bertz CT molecular complexity index is 1520. The number of piperazine rings is 1. The minimum absolute atomic E-state index is 0.189. The number of carbonyl (C=O) groups excluding carboxylic acids is 2. The van der Waals surface area contributed by atoms with Gasteiger partial charge in [0.15, 0.2) is 0 Å². The van der Waals surface area contributed by atoms with Gasteiger partial charge in [0.2, 0.25) is 5.91 Å². The molecule has 0 spiro atoms. The van der Waals surface area contributed by atoms with Crippen LogP contribution in [0.25, 0.3) is 10.9 Å². The predicted molar refractivity (Wildman–Crippen MR) is 172 cm³/mol. The molecule has 1 aromatic heterocycles. The molecule has 0 aliphatic carbocycles. The Morgan fingerprint density at radius 1 is 0.907 bits per heavy atom. The Balaban J connectivity index is 1.18. The number of nitrogens with one attached hydrogen (secondary N) is 4. The fraction of sp³-hybridized carbons (Fsp3) is 0.371. The molecule has 0 unspecified atom stereocenters. The van der Waals surface area contributed by atoms with Gasteiger partial charge in [-0.05, 0) is 53.6 Å². The van der Waals surface area contributed by atoms with E-state index in [9.17, 15) is 9.59 Å². The second kappa shape index (κ2) is 13.4. The number of H-pyrrole nitrogens is 1. The first-order valence-corrected chi connectivity index (χ1v) is 15.5. The number of fused-ring (bicyclic) bond motifs is 1. The zero-order chi connectivity index (χ0) is 29.6. The molecule has 3 heterocycles. The number of rotatable bonds is 8. The number of piperidine rings is 1. The van der Waals surface area contributed by atoms with Gasteiger partial charge in [0, 0.05) is 74.5 Å². The maximum Gasteiger partial charge on any atom is 0.318 e. The normalized spacial score (nSPS) is 17.8. The number of aromatic nitrogens is 1. The number of likely N-dealkylation sites (tertiary alicyclic amines) is 1. The van der Waals surface area contributed by atoms with Crippen LogP contribution in [0.2, 0.25) is 0 Å². The summed E-state index contributed by atoms with van der Waals surface area (Å²) in [6.45, 7) is 8.19.